The quantitative estimate of drug-likeness (QED) is 0.475. The maximum atomic E-state index is 4.95. The molecule has 2 nitrogen and oxygen atoms in total. The van der Waals surface area contributed by atoms with Gasteiger partial charge >= 0.3 is 50.4 Å². The summed E-state index contributed by atoms with van der Waals surface area (Å²) in [7, 11) is 0. The average molecular weight is 153 g/mol. The Morgan fingerprint density at radius 1 is 1.71 bits per heavy atom. The van der Waals surface area contributed by atoms with Crippen molar-refractivity contribution in [2.45, 2.75) is 19.8 Å². The molecule has 0 radical (unpaired) electrons. The molecule has 49 valence electrons. The van der Waals surface area contributed by atoms with Crippen molar-refractivity contribution >= 4 is 0 Å². The second-order valence-corrected chi connectivity index (χ2v) is 1.71. The van der Waals surface area contributed by atoms with Crippen molar-refractivity contribution in [3.63, 3.8) is 0 Å². The summed E-state index contributed by atoms with van der Waals surface area (Å²) in [6.07, 6.45) is 2.26. The van der Waals surface area contributed by atoms with Crippen molar-refractivity contribution in [1.29, 1.82) is 0 Å². The molecule has 0 amide bonds. The molecule has 0 saturated carbocycles. The van der Waals surface area contributed by atoms with Crippen molar-refractivity contribution in [1.82, 2.24) is 0 Å². The fourth-order valence-electron chi connectivity index (χ4n) is 0.223. The number of rotatable bonds is 4. The summed E-state index contributed by atoms with van der Waals surface area (Å²) < 4.78 is 9.71. The third kappa shape index (κ3) is 6.44. The van der Waals surface area contributed by atoms with E-state index in [1.807, 2.05) is 0 Å². The van der Waals surface area contributed by atoms with E-state index in [0.717, 1.165) is 28.5 Å². The summed E-state index contributed by atoms with van der Waals surface area (Å²) in [5, 5.41) is 0. The molecule has 0 aliphatic carbocycles. The van der Waals surface area contributed by atoms with Crippen LogP contribution in [0.5, 0.6) is 0 Å². The molecule has 0 spiro atoms. The predicted octanol–water partition coefficient (Wildman–Crippen LogP) is 0.674. The fourth-order valence-corrected chi connectivity index (χ4v) is 0.470. The van der Waals surface area contributed by atoms with Gasteiger partial charge in [-0.25, -0.2) is 0 Å². The Morgan fingerprint density at radius 2 is 2.43 bits per heavy atom. The summed E-state index contributed by atoms with van der Waals surface area (Å²) in [5.74, 6) is 0. The van der Waals surface area contributed by atoms with Gasteiger partial charge in [-0.15, -0.1) is 0 Å². The van der Waals surface area contributed by atoms with Gasteiger partial charge in [-0.05, 0) is 0 Å². The van der Waals surface area contributed by atoms with Crippen LogP contribution >= 0.6 is 0 Å². The van der Waals surface area contributed by atoms with Gasteiger partial charge in [-0.3, -0.25) is 0 Å². The number of nitrogens with two attached hydrogens (primary N) is 1. The van der Waals surface area contributed by atoms with Crippen LogP contribution in [0.15, 0.2) is 0 Å². The molecule has 0 heterocycles. The van der Waals surface area contributed by atoms with Gasteiger partial charge in [0.1, 0.15) is 0 Å². The van der Waals surface area contributed by atoms with E-state index in [1.165, 1.54) is 6.42 Å². The zero-order valence-electron chi connectivity index (χ0n) is 4.41. The van der Waals surface area contributed by atoms with Crippen LogP contribution in [0.3, 0.4) is 0 Å². The van der Waals surface area contributed by atoms with Crippen molar-refractivity contribution in [2.24, 2.45) is 4.75 Å². The fraction of sp³-hybridized carbons (Fsp3) is 1.00. The monoisotopic (exact) mass is 152 g/mol. The van der Waals surface area contributed by atoms with E-state index in [4.69, 9.17) is 8.57 Å². The Morgan fingerprint density at radius 3 is 2.86 bits per heavy atom. The first-order valence-electron chi connectivity index (χ1n) is 2.29. The molecular formula is C4H11CuNO. The van der Waals surface area contributed by atoms with Gasteiger partial charge < -0.3 is 0 Å². The zero-order valence-corrected chi connectivity index (χ0v) is 5.35. The molecule has 7 heavy (non-hydrogen) atoms. The van der Waals surface area contributed by atoms with Gasteiger partial charge in [-0.2, -0.15) is 0 Å². The SMILES string of the molecule is CCCC[O][Cu][NH2]. The molecule has 0 atom stereocenters. The van der Waals surface area contributed by atoms with E-state index in [0.29, 0.717) is 0 Å². The van der Waals surface area contributed by atoms with Crippen molar-refractivity contribution in [3.8, 4) is 0 Å². The molecule has 0 aromatic carbocycles. The van der Waals surface area contributed by atoms with Gasteiger partial charge in [0.2, 0.25) is 0 Å². The first kappa shape index (κ1) is 7.44. The molecule has 0 aliphatic heterocycles. The van der Waals surface area contributed by atoms with Crippen LogP contribution in [0.1, 0.15) is 19.8 Å². The van der Waals surface area contributed by atoms with Crippen LogP contribution in [0.2, 0.25) is 0 Å². The van der Waals surface area contributed by atoms with E-state index in [-0.39, 0.29) is 0 Å². The van der Waals surface area contributed by atoms with E-state index >= 15 is 0 Å². The minimum atomic E-state index is 0.771. The molecule has 0 bridgehead atoms. The van der Waals surface area contributed by atoms with E-state index in [9.17, 15) is 0 Å². The molecule has 0 rings (SSSR count). The first-order valence-corrected chi connectivity index (χ1v) is 3.22. The van der Waals surface area contributed by atoms with Gasteiger partial charge in [0.05, 0.1) is 0 Å². The molecule has 0 saturated heterocycles. The molecule has 0 unspecified atom stereocenters. The number of unbranched alkanes of at least 4 members (excludes halogenated alkanes) is 1. The zero-order chi connectivity index (χ0) is 5.54. The van der Waals surface area contributed by atoms with Gasteiger partial charge in [0.25, 0.3) is 0 Å². The van der Waals surface area contributed by atoms with E-state index < -0.39 is 0 Å². The van der Waals surface area contributed by atoms with Crippen LogP contribution in [-0.4, -0.2) is 6.61 Å². The van der Waals surface area contributed by atoms with Crippen LogP contribution in [0.25, 0.3) is 0 Å². The minimum absolute atomic E-state index is 0.771. The first-order chi connectivity index (χ1) is 3.41. The molecule has 0 aliphatic rings. The van der Waals surface area contributed by atoms with Crippen LogP contribution in [-0.2, 0) is 19.3 Å². The molecule has 0 fully saturated rings. The summed E-state index contributed by atoms with van der Waals surface area (Å²) in [6, 6.07) is 0. The van der Waals surface area contributed by atoms with Gasteiger partial charge in [-0.1, -0.05) is 0 Å². The molecule has 0 aromatic rings. The van der Waals surface area contributed by atoms with Crippen molar-refractivity contribution in [3.05, 3.63) is 0 Å². The Labute approximate surface area is 51.1 Å². The van der Waals surface area contributed by atoms with E-state index in [1.54, 1.807) is 0 Å². The second-order valence-electron chi connectivity index (χ2n) is 1.22. The Hall–Kier alpha value is 0.439. The summed E-state index contributed by atoms with van der Waals surface area (Å²) in [4.78, 5) is 0. The summed E-state index contributed by atoms with van der Waals surface area (Å²) >= 11 is 1.01. The standard InChI is InChI=1S/C4H9O.Cu.H2N/c1-2-3-4-5;;/h2-4H2,1H3;;1H2/q-1;+2;-1. The average Bonchev–Trinajstić information content (AvgIpc) is 1.69. The molecular weight excluding hydrogens is 142 g/mol. The third-order valence-electron chi connectivity index (χ3n) is 0.610. The van der Waals surface area contributed by atoms with Crippen LogP contribution < -0.4 is 4.75 Å². The number of hydrogen-bond donors (Lipinski definition) is 1. The van der Waals surface area contributed by atoms with Gasteiger partial charge in [0, 0.05) is 0 Å². The normalized spacial score (nSPS) is 10.0. The van der Waals surface area contributed by atoms with Gasteiger partial charge in [0.15, 0.2) is 0 Å². The molecule has 3 heteroatoms. The predicted molar refractivity (Wildman–Crippen MR) is 25.0 cm³/mol. The Bertz CT molecular complexity index is 30.9. The van der Waals surface area contributed by atoms with Crippen molar-refractivity contribution in [2.75, 3.05) is 6.61 Å². The van der Waals surface area contributed by atoms with Crippen molar-refractivity contribution < 1.29 is 19.3 Å². The molecule has 0 aromatic heterocycles. The Kier molecular flexibility index (Phi) is 6.84. The van der Waals surface area contributed by atoms with Crippen LogP contribution in [0.4, 0.5) is 0 Å². The third-order valence-corrected chi connectivity index (χ3v) is 0.959. The molecule has 2 N–H and O–H groups in total. The number of hydrogen-bond acceptors (Lipinski definition) is 2. The van der Waals surface area contributed by atoms with Crippen LogP contribution in [0, 0.1) is 0 Å². The topological polar surface area (TPSA) is 35.2 Å². The Balaban J connectivity index is 2.45. The summed E-state index contributed by atoms with van der Waals surface area (Å²) in [6.45, 7) is 2.89. The van der Waals surface area contributed by atoms with E-state index in [2.05, 4.69) is 6.92 Å². The maximum absolute atomic E-state index is 4.95. The summed E-state index contributed by atoms with van der Waals surface area (Å²) in [5.41, 5.74) is 0. The second kappa shape index (κ2) is 6.44.